The number of nitrogens with one attached hydrogen (secondary N) is 1. The van der Waals surface area contributed by atoms with E-state index in [1.807, 2.05) is 0 Å². The normalized spacial score (nSPS) is 28.3. The molecule has 0 aromatic heterocycles. The molecule has 1 unspecified atom stereocenters. The monoisotopic (exact) mass is 309 g/mol. The van der Waals surface area contributed by atoms with E-state index >= 15 is 0 Å². The Hall–Kier alpha value is -0.650. The van der Waals surface area contributed by atoms with Gasteiger partial charge in [-0.1, -0.05) is 12.8 Å². The first-order chi connectivity index (χ1) is 10.6. The van der Waals surface area contributed by atoms with E-state index in [-0.39, 0.29) is 17.0 Å². The van der Waals surface area contributed by atoms with Crippen molar-refractivity contribution in [3.05, 3.63) is 0 Å². The maximum absolute atomic E-state index is 12.7. The Morgan fingerprint density at radius 1 is 1.32 bits per heavy atom. The van der Waals surface area contributed by atoms with E-state index in [0.717, 1.165) is 39.1 Å². The first kappa shape index (κ1) is 16.2. The second-order valence-electron chi connectivity index (χ2n) is 7.65. The summed E-state index contributed by atoms with van der Waals surface area (Å²) in [4.78, 5) is 15.2. The van der Waals surface area contributed by atoms with Crippen molar-refractivity contribution in [3.8, 4) is 0 Å². The Balaban J connectivity index is 1.64. The van der Waals surface area contributed by atoms with Crippen molar-refractivity contribution < 1.29 is 9.53 Å². The van der Waals surface area contributed by atoms with Crippen molar-refractivity contribution in [1.29, 1.82) is 0 Å². The molecule has 0 aromatic rings. The minimum atomic E-state index is -0.206. The molecule has 5 nitrogen and oxygen atoms in total. The lowest BCUT2D eigenvalue weighted by molar-refractivity contribution is -0.127. The van der Waals surface area contributed by atoms with E-state index < -0.39 is 0 Å². The zero-order chi connectivity index (χ0) is 15.6. The highest BCUT2D eigenvalue weighted by Gasteiger charge is 2.45. The minimum absolute atomic E-state index is 0.0624. The lowest BCUT2D eigenvalue weighted by atomic mass is 9.88. The van der Waals surface area contributed by atoms with Gasteiger partial charge in [-0.25, -0.2) is 0 Å². The molecule has 3 aliphatic rings. The molecule has 1 atom stereocenters. The highest BCUT2D eigenvalue weighted by molar-refractivity contribution is 5.78. The van der Waals surface area contributed by atoms with Gasteiger partial charge in [0, 0.05) is 31.6 Å². The van der Waals surface area contributed by atoms with Gasteiger partial charge in [-0.15, -0.1) is 0 Å². The van der Waals surface area contributed by atoms with Gasteiger partial charge in [0.2, 0.25) is 5.91 Å². The minimum Gasteiger partial charge on any atom is -0.379 e. The zero-order valence-corrected chi connectivity index (χ0v) is 13.9. The van der Waals surface area contributed by atoms with Crippen LogP contribution in [0.25, 0.3) is 0 Å². The number of hydrogen-bond acceptors (Lipinski definition) is 4. The second-order valence-corrected chi connectivity index (χ2v) is 7.65. The van der Waals surface area contributed by atoms with Gasteiger partial charge in [-0.05, 0) is 38.5 Å². The maximum Gasteiger partial charge on any atom is 0.222 e. The summed E-state index contributed by atoms with van der Waals surface area (Å²) in [5.41, 5.74) is 5.79. The fourth-order valence-corrected chi connectivity index (χ4v) is 4.38. The predicted octanol–water partition coefficient (Wildman–Crippen LogP) is 1.27. The van der Waals surface area contributed by atoms with E-state index in [4.69, 9.17) is 10.5 Å². The largest absolute Gasteiger partial charge is 0.379 e. The van der Waals surface area contributed by atoms with Crippen molar-refractivity contribution in [2.24, 2.45) is 11.7 Å². The molecule has 1 saturated heterocycles. The van der Waals surface area contributed by atoms with Crippen LogP contribution < -0.4 is 11.1 Å². The summed E-state index contributed by atoms with van der Waals surface area (Å²) in [6, 6.07) is 0. The van der Waals surface area contributed by atoms with Crippen LogP contribution in [0, 0.1) is 5.92 Å². The summed E-state index contributed by atoms with van der Waals surface area (Å²) < 4.78 is 5.49. The van der Waals surface area contributed by atoms with Gasteiger partial charge in [0.15, 0.2) is 0 Å². The molecule has 0 bridgehead atoms. The van der Waals surface area contributed by atoms with Gasteiger partial charge in [0.25, 0.3) is 0 Å². The summed E-state index contributed by atoms with van der Waals surface area (Å²) in [6.07, 6.45) is 7.77. The number of amides is 1. The highest BCUT2D eigenvalue weighted by Crippen LogP contribution is 2.41. The Morgan fingerprint density at radius 3 is 2.50 bits per heavy atom. The Labute approximate surface area is 133 Å². The lowest BCUT2D eigenvalue weighted by Gasteiger charge is -2.43. The number of ether oxygens (including phenoxy) is 1. The third-order valence-corrected chi connectivity index (χ3v) is 6.03. The molecule has 0 spiro atoms. The van der Waals surface area contributed by atoms with Crippen molar-refractivity contribution >= 4 is 5.91 Å². The van der Waals surface area contributed by atoms with Crippen LogP contribution in [0.4, 0.5) is 0 Å². The molecule has 126 valence electrons. The van der Waals surface area contributed by atoms with E-state index in [1.165, 1.54) is 25.7 Å². The Morgan fingerprint density at radius 2 is 1.95 bits per heavy atom. The molecule has 2 saturated carbocycles. The summed E-state index contributed by atoms with van der Waals surface area (Å²) in [5.74, 6) is 0.762. The number of nitrogens with zero attached hydrogens (tertiary/aromatic N) is 1. The van der Waals surface area contributed by atoms with Crippen molar-refractivity contribution in [2.45, 2.75) is 62.9 Å². The smallest absolute Gasteiger partial charge is 0.222 e. The van der Waals surface area contributed by atoms with Crippen molar-refractivity contribution in [3.63, 3.8) is 0 Å². The first-order valence-electron chi connectivity index (χ1n) is 8.92. The number of nitrogens with two attached hydrogens (primary N) is 1. The van der Waals surface area contributed by atoms with Gasteiger partial charge in [0.1, 0.15) is 0 Å². The molecule has 1 amide bonds. The fraction of sp³-hybridized carbons (Fsp3) is 0.941. The van der Waals surface area contributed by atoms with Crippen LogP contribution in [-0.4, -0.2) is 54.7 Å². The Kier molecular flexibility index (Phi) is 4.76. The van der Waals surface area contributed by atoms with Crippen LogP contribution in [0.1, 0.15) is 51.9 Å². The molecule has 22 heavy (non-hydrogen) atoms. The highest BCUT2D eigenvalue weighted by atomic mass is 16.5. The van der Waals surface area contributed by atoms with Crippen LogP contribution in [0.5, 0.6) is 0 Å². The summed E-state index contributed by atoms with van der Waals surface area (Å²) in [5, 5.41) is 3.27. The van der Waals surface area contributed by atoms with Gasteiger partial charge in [-0.2, -0.15) is 0 Å². The van der Waals surface area contributed by atoms with Crippen LogP contribution in [-0.2, 0) is 9.53 Å². The number of carbonyl (C=O) groups is 1. The molecule has 3 rings (SSSR count). The molecule has 3 fully saturated rings. The zero-order valence-electron chi connectivity index (χ0n) is 13.9. The lowest BCUT2D eigenvalue weighted by Crippen LogP contribution is -2.58. The average molecular weight is 309 g/mol. The van der Waals surface area contributed by atoms with Gasteiger partial charge >= 0.3 is 0 Å². The molecule has 0 radical (unpaired) electrons. The average Bonchev–Trinajstić information content (AvgIpc) is 3.29. The third kappa shape index (κ3) is 3.31. The van der Waals surface area contributed by atoms with Crippen LogP contribution in [0.3, 0.4) is 0 Å². The quantitative estimate of drug-likeness (QED) is 0.775. The Bertz CT molecular complexity index is 399. The molecule has 1 heterocycles. The van der Waals surface area contributed by atoms with Crippen LogP contribution >= 0.6 is 0 Å². The van der Waals surface area contributed by atoms with E-state index in [2.05, 4.69) is 17.1 Å². The molecule has 5 heteroatoms. The molecule has 0 aromatic carbocycles. The first-order valence-corrected chi connectivity index (χ1v) is 8.92. The van der Waals surface area contributed by atoms with E-state index in [9.17, 15) is 4.79 Å². The van der Waals surface area contributed by atoms with E-state index in [0.29, 0.717) is 18.9 Å². The maximum atomic E-state index is 12.7. The van der Waals surface area contributed by atoms with Crippen molar-refractivity contribution in [2.75, 3.05) is 32.8 Å². The summed E-state index contributed by atoms with van der Waals surface area (Å²) >= 11 is 0. The van der Waals surface area contributed by atoms with Gasteiger partial charge < -0.3 is 15.8 Å². The van der Waals surface area contributed by atoms with Crippen LogP contribution in [0.15, 0.2) is 0 Å². The fourth-order valence-electron chi connectivity index (χ4n) is 4.38. The molecule has 3 N–H and O–H groups in total. The number of rotatable bonds is 6. The molecular weight excluding hydrogens is 278 g/mol. The number of hydrogen-bond donors (Lipinski definition) is 2. The third-order valence-electron chi connectivity index (χ3n) is 6.03. The second kappa shape index (κ2) is 6.46. The molecule has 2 aliphatic carbocycles. The summed E-state index contributed by atoms with van der Waals surface area (Å²) in [6.45, 7) is 6.17. The molecular formula is C17H31N3O2. The number of carbonyl (C=O) groups excluding carboxylic acids is 1. The predicted molar refractivity (Wildman–Crippen MR) is 86.5 cm³/mol. The standard InChI is InChI=1S/C17H31N3O2/c1-16(13-18,14-4-5-14)19-15(21)12-17(6-2-3-7-17)20-8-10-22-11-9-20/h14H,2-13,18H2,1H3,(H,19,21). The van der Waals surface area contributed by atoms with Crippen molar-refractivity contribution in [1.82, 2.24) is 10.2 Å². The van der Waals surface area contributed by atoms with Gasteiger partial charge in [0.05, 0.1) is 18.8 Å². The summed E-state index contributed by atoms with van der Waals surface area (Å²) in [7, 11) is 0. The topological polar surface area (TPSA) is 67.6 Å². The SMILES string of the molecule is CC(CN)(NC(=O)CC1(N2CCOCC2)CCCC1)C1CC1. The van der Waals surface area contributed by atoms with Gasteiger partial charge in [-0.3, -0.25) is 9.69 Å². The van der Waals surface area contributed by atoms with Crippen LogP contribution in [0.2, 0.25) is 0 Å². The number of morpholine rings is 1. The molecule has 1 aliphatic heterocycles. The van der Waals surface area contributed by atoms with E-state index in [1.54, 1.807) is 0 Å².